The Bertz CT molecular complexity index is 966. The van der Waals surface area contributed by atoms with Crippen molar-refractivity contribution < 1.29 is 26.3 Å². The fourth-order valence-electron chi connectivity index (χ4n) is 2.43. The summed E-state index contributed by atoms with van der Waals surface area (Å²) in [7, 11) is 0. The van der Waals surface area contributed by atoms with E-state index < -0.39 is 23.5 Å². The zero-order valence-corrected chi connectivity index (χ0v) is 13.5. The Labute approximate surface area is 148 Å². The number of nitrogens with one attached hydrogen (secondary N) is 1. The van der Waals surface area contributed by atoms with Gasteiger partial charge in [-0.2, -0.15) is 26.3 Å². The second kappa shape index (κ2) is 6.35. The topological polar surface area (TPSA) is 24.9 Å². The van der Waals surface area contributed by atoms with Crippen LogP contribution in [0, 0.1) is 0 Å². The molecule has 1 heterocycles. The lowest BCUT2D eigenvalue weighted by molar-refractivity contribution is -0.162. The van der Waals surface area contributed by atoms with Crippen molar-refractivity contribution in [2.45, 2.75) is 12.4 Å². The summed E-state index contributed by atoms with van der Waals surface area (Å²) in [5.74, 6) is 0.151. The lowest BCUT2D eigenvalue weighted by Gasteiger charge is -2.17. The smallest absolute Gasteiger partial charge is 0.340 e. The van der Waals surface area contributed by atoms with Crippen molar-refractivity contribution in [3.05, 3.63) is 64.7 Å². The van der Waals surface area contributed by atoms with Gasteiger partial charge in [0, 0.05) is 11.1 Å². The Hall–Kier alpha value is -2.48. The number of halogens is 7. The second-order valence-electron chi connectivity index (χ2n) is 5.39. The van der Waals surface area contributed by atoms with Gasteiger partial charge >= 0.3 is 12.4 Å². The van der Waals surface area contributed by atoms with E-state index in [1.165, 1.54) is 6.07 Å². The largest absolute Gasteiger partial charge is 0.417 e. The molecule has 0 atom stereocenters. The first-order chi connectivity index (χ1) is 12.1. The normalized spacial score (nSPS) is 12.4. The number of hydrogen-bond donors (Lipinski definition) is 1. The van der Waals surface area contributed by atoms with Crippen LogP contribution in [0.4, 0.5) is 37.8 Å². The Morgan fingerprint density at radius 2 is 1.50 bits per heavy atom. The molecule has 1 N–H and O–H groups in total. The molecule has 9 heteroatoms. The second-order valence-corrected chi connectivity index (χ2v) is 5.80. The molecule has 0 unspecified atom stereocenters. The predicted octanol–water partition coefficient (Wildman–Crippen LogP) is 6.67. The highest BCUT2D eigenvalue weighted by Gasteiger charge is 2.43. The van der Waals surface area contributed by atoms with Gasteiger partial charge in [-0.15, -0.1) is 0 Å². The summed E-state index contributed by atoms with van der Waals surface area (Å²) < 4.78 is 77.4. The third-order valence-corrected chi connectivity index (χ3v) is 3.88. The minimum Gasteiger partial charge on any atom is -0.340 e. The molecule has 2 nitrogen and oxygen atoms in total. The first-order valence-electron chi connectivity index (χ1n) is 7.16. The number of nitrogens with zero attached hydrogens (tertiary/aromatic N) is 1. The number of alkyl halides is 6. The number of rotatable bonds is 2. The van der Waals surface area contributed by atoms with Crippen molar-refractivity contribution in [3.8, 4) is 0 Å². The highest BCUT2D eigenvalue weighted by molar-refractivity contribution is 6.35. The summed E-state index contributed by atoms with van der Waals surface area (Å²) in [6.07, 6.45) is -10.3. The molecule has 0 radical (unpaired) electrons. The highest BCUT2D eigenvalue weighted by Crippen LogP contribution is 2.41. The standard InChI is InChI=1S/C17H9ClF6N2/c18-13-3-1-2-9-4-7-14(26-15(9)13)25-10-5-6-11(16(19,20)21)12(8-10)17(22,23)24/h1-8H,(H,25,26). The number of para-hydroxylation sites is 1. The average molecular weight is 391 g/mol. The monoisotopic (exact) mass is 390 g/mol. The van der Waals surface area contributed by atoms with E-state index in [-0.39, 0.29) is 11.5 Å². The molecule has 136 valence electrons. The quantitative estimate of drug-likeness (QED) is 0.494. The molecule has 0 saturated carbocycles. The van der Waals surface area contributed by atoms with E-state index in [1.807, 2.05) is 0 Å². The van der Waals surface area contributed by atoms with E-state index in [4.69, 9.17) is 11.6 Å². The number of aromatic nitrogens is 1. The van der Waals surface area contributed by atoms with Gasteiger partial charge in [-0.05, 0) is 36.4 Å². The van der Waals surface area contributed by atoms with E-state index in [9.17, 15) is 26.3 Å². The summed E-state index contributed by atoms with van der Waals surface area (Å²) in [5.41, 5.74) is -3.27. The zero-order valence-electron chi connectivity index (χ0n) is 12.7. The van der Waals surface area contributed by atoms with Crippen LogP contribution in [0.25, 0.3) is 10.9 Å². The van der Waals surface area contributed by atoms with E-state index >= 15 is 0 Å². The van der Waals surface area contributed by atoms with E-state index in [0.29, 0.717) is 28.1 Å². The minimum absolute atomic E-state index is 0.151. The summed E-state index contributed by atoms with van der Waals surface area (Å²) in [6.45, 7) is 0. The number of benzene rings is 2. The SMILES string of the molecule is FC(F)(F)c1ccc(Nc2ccc3cccc(Cl)c3n2)cc1C(F)(F)F. The van der Waals surface area contributed by atoms with E-state index in [1.54, 1.807) is 24.3 Å². The maximum atomic E-state index is 13.0. The van der Waals surface area contributed by atoms with Gasteiger partial charge in [0.1, 0.15) is 5.82 Å². The first-order valence-corrected chi connectivity index (χ1v) is 7.54. The molecule has 0 bridgehead atoms. The highest BCUT2D eigenvalue weighted by atomic mass is 35.5. The molecule has 0 aliphatic carbocycles. The van der Waals surface area contributed by atoms with Gasteiger partial charge in [-0.1, -0.05) is 23.7 Å². The van der Waals surface area contributed by atoms with Crippen molar-refractivity contribution in [1.82, 2.24) is 4.98 Å². The molecule has 2 aromatic carbocycles. The first kappa shape index (κ1) is 18.3. The third kappa shape index (κ3) is 3.70. The minimum atomic E-state index is -5.15. The molecule has 3 aromatic rings. The van der Waals surface area contributed by atoms with Crippen molar-refractivity contribution >= 4 is 34.0 Å². The van der Waals surface area contributed by atoms with Crippen LogP contribution in [-0.2, 0) is 12.4 Å². The van der Waals surface area contributed by atoms with Gasteiger partial charge in [-0.3, -0.25) is 0 Å². The van der Waals surface area contributed by atoms with Crippen LogP contribution < -0.4 is 5.32 Å². The van der Waals surface area contributed by atoms with Crippen LogP contribution in [0.1, 0.15) is 11.1 Å². The molecular weight excluding hydrogens is 382 g/mol. The van der Waals surface area contributed by atoms with E-state index in [0.717, 1.165) is 6.07 Å². The molecule has 0 spiro atoms. The Kier molecular flexibility index (Phi) is 4.47. The lowest BCUT2D eigenvalue weighted by atomic mass is 10.1. The lowest BCUT2D eigenvalue weighted by Crippen LogP contribution is -2.16. The molecule has 26 heavy (non-hydrogen) atoms. The van der Waals surface area contributed by atoms with Crippen LogP contribution in [0.3, 0.4) is 0 Å². The van der Waals surface area contributed by atoms with Crippen molar-refractivity contribution in [1.29, 1.82) is 0 Å². The molecule has 0 amide bonds. The molecular formula is C17H9ClF6N2. The maximum absolute atomic E-state index is 13.0. The van der Waals surface area contributed by atoms with Gasteiger partial charge in [0.05, 0.1) is 21.7 Å². The van der Waals surface area contributed by atoms with Crippen LogP contribution in [-0.4, -0.2) is 4.98 Å². The number of pyridine rings is 1. The van der Waals surface area contributed by atoms with E-state index in [2.05, 4.69) is 10.3 Å². The number of hydrogen-bond acceptors (Lipinski definition) is 2. The van der Waals surface area contributed by atoms with Crippen molar-refractivity contribution in [2.24, 2.45) is 0 Å². The molecule has 3 rings (SSSR count). The summed E-state index contributed by atoms with van der Waals surface area (Å²) in [4.78, 5) is 4.19. The van der Waals surface area contributed by atoms with Crippen LogP contribution in [0.2, 0.25) is 5.02 Å². The van der Waals surface area contributed by atoms with Gasteiger partial charge < -0.3 is 5.32 Å². The number of anilines is 2. The fourth-order valence-corrected chi connectivity index (χ4v) is 2.66. The van der Waals surface area contributed by atoms with Gasteiger partial charge in [0.15, 0.2) is 0 Å². The molecule has 0 fully saturated rings. The van der Waals surface area contributed by atoms with Gasteiger partial charge in [-0.25, -0.2) is 4.98 Å². The molecule has 0 saturated heterocycles. The Morgan fingerprint density at radius 3 is 2.15 bits per heavy atom. The summed E-state index contributed by atoms with van der Waals surface area (Å²) in [6, 6.07) is 9.90. The maximum Gasteiger partial charge on any atom is 0.417 e. The average Bonchev–Trinajstić information content (AvgIpc) is 2.54. The van der Waals surface area contributed by atoms with Gasteiger partial charge in [0.2, 0.25) is 0 Å². The summed E-state index contributed by atoms with van der Waals surface area (Å²) >= 11 is 6.02. The zero-order chi connectivity index (χ0) is 19.1. The summed E-state index contributed by atoms with van der Waals surface area (Å²) in [5, 5.41) is 3.63. The van der Waals surface area contributed by atoms with Crippen LogP contribution in [0.5, 0.6) is 0 Å². The fraction of sp³-hybridized carbons (Fsp3) is 0.118. The molecule has 1 aromatic heterocycles. The van der Waals surface area contributed by atoms with Crippen LogP contribution >= 0.6 is 11.6 Å². The van der Waals surface area contributed by atoms with Crippen molar-refractivity contribution in [2.75, 3.05) is 5.32 Å². The van der Waals surface area contributed by atoms with Crippen LogP contribution in [0.15, 0.2) is 48.5 Å². The van der Waals surface area contributed by atoms with Gasteiger partial charge in [0.25, 0.3) is 0 Å². The van der Waals surface area contributed by atoms with Crippen molar-refractivity contribution in [3.63, 3.8) is 0 Å². The number of fused-ring (bicyclic) bond motifs is 1. The molecule has 0 aliphatic rings. The Morgan fingerprint density at radius 1 is 0.808 bits per heavy atom. The predicted molar refractivity (Wildman–Crippen MR) is 86.5 cm³/mol. The molecule has 0 aliphatic heterocycles. The third-order valence-electron chi connectivity index (χ3n) is 3.57. The Balaban J connectivity index is 2.02.